The topological polar surface area (TPSA) is 154 Å². The molecule has 0 aliphatic heterocycles. The monoisotopic (exact) mass is 504 g/mol. The maximum atomic E-state index is 11.8. The van der Waals surface area contributed by atoms with Crippen LogP contribution in [0.4, 0.5) is 11.4 Å². The minimum atomic E-state index is -4.58. The summed E-state index contributed by atoms with van der Waals surface area (Å²) in [5, 5.41) is 19.9. The summed E-state index contributed by atoms with van der Waals surface area (Å²) < 4.78 is 64.8. The molecule has 0 atom stereocenters. The maximum absolute atomic E-state index is 11.8. The van der Waals surface area contributed by atoms with Gasteiger partial charge in [-0.15, -0.1) is 5.11 Å². The number of fused-ring (bicyclic) bond motifs is 2. The van der Waals surface area contributed by atoms with E-state index in [1.165, 1.54) is 36.4 Å². The largest absolute Gasteiger partial charge is 0.505 e. The summed E-state index contributed by atoms with van der Waals surface area (Å²) in [6.45, 7) is 0. The van der Waals surface area contributed by atoms with Crippen LogP contribution in [0.5, 0.6) is 5.75 Å². The van der Waals surface area contributed by atoms with Gasteiger partial charge in [0.1, 0.15) is 10.6 Å². The number of benzene rings is 4. The predicted octanol–water partition coefficient (Wildman–Crippen LogP) is 3.85. The number of aromatic hydroxyl groups is 1. The van der Waals surface area contributed by atoms with Crippen molar-refractivity contribution in [3.8, 4) is 5.75 Å². The molecular formula is C20H14N2Na2O7S2. The molecule has 0 amide bonds. The first-order valence-corrected chi connectivity index (χ1v) is 11.6. The van der Waals surface area contributed by atoms with E-state index in [-0.39, 0.29) is 86.2 Å². The fourth-order valence-corrected chi connectivity index (χ4v) is 4.38. The molecule has 3 N–H and O–H groups in total. The second-order valence-corrected chi connectivity index (χ2v) is 9.44. The minimum Gasteiger partial charge on any atom is -0.505 e. The van der Waals surface area contributed by atoms with E-state index in [0.29, 0.717) is 16.5 Å². The van der Waals surface area contributed by atoms with E-state index in [9.17, 15) is 26.5 Å². The molecule has 2 radical (unpaired) electrons. The van der Waals surface area contributed by atoms with Gasteiger partial charge in [-0.1, -0.05) is 36.4 Å². The standard InChI is InChI=1S/C20H14N2O7S2.2Na/c23-20-17-4-2-1-3-16(17)19(31(27,28)29)11-18(20)22-21-14-7-5-13-10-15(30(24,25)26)8-6-12(13)9-14;;/h1-11,23H,(H,24,25,26)(H,27,28,29);;. The van der Waals surface area contributed by atoms with Gasteiger partial charge in [0.25, 0.3) is 20.2 Å². The summed E-state index contributed by atoms with van der Waals surface area (Å²) >= 11 is 0. The van der Waals surface area contributed by atoms with Crippen molar-refractivity contribution in [2.45, 2.75) is 9.79 Å². The van der Waals surface area contributed by atoms with Crippen LogP contribution in [0.3, 0.4) is 0 Å². The molecule has 13 heteroatoms. The van der Waals surface area contributed by atoms with Crippen LogP contribution in [0.25, 0.3) is 21.5 Å². The van der Waals surface area contributed by atoms with E-state index >= 15 is 0 Å². The number of phenols is 1. The third kappa shape index (κ3) is 6.01. The molecule has 33 heavy (non-hydrogen) atoms. The van der Waals surface area contributed by atoms with Crippen LogP contribution >= 0.6 is 0 Å². The second kappa shape index (κ2) is 10.5. The summed E-state index contributed by atoms with van der Waals surface area (Å²) in [5.74, 6) is -0.301. The summed E-state index contributed by atoms with van der Waals surface area (Å²) in [7, 11) is -8.91. The molecule has 0 spiro atoms. The quantitative estimate of drug-likeness (QED) is 0.217. The summed E-state index contributed by atoms with van der Waals surface area (Å²) in [6.07, 6.45) is 0. The van der Waals surface area contributed by atoms with Crippen LogP contribution < -0.4 is 0 Å². The van der Waals surface area contributed by atoms with Crippen molar-refractivity contribution < 1.29 is 31.0 Å². The first-order valence-electron chi connectivity index (χ1n) is 8.69. The molecule has 9 nitrogen and oxygen atoms in total. The normalized spacial score (nSPS) is 11.9. The Hall–Kier alpha value is -1.38. The van der Waals surface area contributed by atoms with Gasteiger partial charge in [-0.25, -0.2) is 0 Å². The first kappa shape index (κ1) is 27.9. The predicted molar refractivity (Wildman–Crippen MR) is 125 cm³/mol. The number of nitrogens with zero attached hydrogens (tertiary/aromatic N) is 2. The molecule has 0 heterocycles. The fourth-order valence-electron chi connectivity index (χ4n) is 3.15. The van der Waals surface area contributed by atoms with Gasteiger partial charge in [0.2, 0.25) is 0 Å². The molecule has 4 rings (SSSR count). The number of rotatable bonds is 4. The van der Waals surface area contributed by atoms with Crippen LogP contribution in [0.15, 0.2) is 86.7 Å². The fraction of sp³-hybridized carbons (Fsp3) is 0. The Morgan fingerprint density at radius 1 is 0.667 bits per heavy atom. The molecule has 0 aliphatic carbocycles. The second-order valence-electron chi connectivity index (χ2n) is 6.63. The maximum Gasteiger partial charge on any atom is 0.295 e. The molecule has 0 aromatic heterocycles. The van der Waals surface area contributed by atoms with E-state index in [2.05, 4.69) is 10.2 Å². The SMILES string of the molecule is O=S(=O)(O)c1ccc2cc(N=Nc3cc(S(=O)(=O)O)c4ccccc4c3O)ccc2c1.[Na].[Na]. The van der Waals surface area contributed by atoms with Crippen LogP contribution in [-0.2, 0) is 20.2 Å². The third-order valence-electron chi connectivity index (χ3n) is 4.60. The number of azo groups is 1. The van der Waals surface area contributed by atoms with Gasteiger partial charge in [-0.05, 0) is 41.1 Å². The van der Waals surface area contributed by atoms with Crippen molar-refractivity contribution in [3.05, 3.63) is 66.7 Å². The Morgan fingerprint density at radius 2 is 1.27 bits per heavy atom. The molecule has 0 aliphatic rings. The Kier molecular flexibility index (Phi) is 8.85. The van der Waals surface area contributed by atoms with E-state index in [4.69, 9.17) is 4.55 Å². The van der Waals surface area contributed by atoms with Crippen molar-refractivity contribution in [1.82, 2.24) is 0 Å². The van der Waals surface area contributed by atoms with Gasteiger partial charge in [-0.3, -0.25) is 9.11 Å². The molecular weight excluding hydrogens is 490 g/mol. The van der Waals surface area contributed by atoms with Gasteiger partial charge in [0, 0.05) is 69.9 Å². The molecule has 0 fully saturated rings. The third-order valence-corrected chi connectivity index (χ3v) is 6.35. The Morgan fingerprint density at radius 3 is 1.91 bits per heavy atom. The zero-order valence-corrected chi connectivity index (χ0v) is 23.2. The van der Waals surface area contributed by atoms with Crippen molar-refractivity contribution in [2.24, 2.45) is 10.2 Å². The van der Waals surface area contributed by atoms with Gasteiger partial charge >= 0.3 is 0 Å². The zero-order chi connectivity index (χ0) is 22.4. The Labute approximate surface area is 233 Å². The molecule has 160 valence electrons. The summed E-state index contributed by atoms with van der Waals surface area (Å²) in [5.41, 5.74) is 0.182. The van der Waals surface area contributed by atoms with Gasteiger partial charge < -0.3 is 5.11 Å². The molecule has 0 bridgehead atoms. The molecule has 0 saturated carbocycles. The molecule has 4 aromatic rings. The van der Waals surface area contributed by atoms with Crippen LogP contribution in [-0.4, -0.2) is 90.2 Å². The van der Waals surface area contributed by atoms with E-state index in [1.807, 2.05) is 0 Å². The van der Waals surface area contributed by atoms with Gasteiger partial charge in [0.05, 0.1) is 10.6 Å². The number of hydrogen-bond acceptors (Lipinski definition) is 7. The van der Waals surface area contributed by atoms with Crippen molar-refractivity contribution >= 4 is 112 Å². The van der Waals surface area contributed by atoms with Gasteiger partial charge in [-0.2, -0.15) is 21.9 Å². The average molecular weight is 504 g/mol. The van der Waals surface area contributed by atoms with Gasteiger partial charge in [0.15, 0.2) is 5.75 Å². The Bertz CT molecular complexity index is 1610. The van der Waals surface area contributed by atoms with E-state index < -0.39 is 25.1 Å². The molecule has 4 aromatic carbocycles. The van der Waals surface area contributed by atoms with Crippen LogP contribution in [0.2, 0.25) is 0 Å². The average Bonchev–Trinajstić information content (AvgIpc) is 2.71. The van der Waals surface area contributed by atoms with E-state index in [1.54, 1.807) is 24.3 Å². The molecule has 0 saturated heterocycles. The molecule has 0 unspecified atom stereocenters. The van der Waals surface area contributed by atoms with Crippen LogP contribution in [0.1, 0.15) is 0 Å². The smallest absolute Gasteiger partial charge is 0.295 e. The first-order chi connectivity index (χ1) is 14.5. The van der Waals surface area contributed by atoms with Crippen molar-refractivity contribution in [3.63, 3.8) is 0 Å². The number of phenolic OH excluding ortho intramolecular Hbond substituents is 1. The Balaban J connectivity index is 0.00000193. The van der Waals surface area contributed by atoms with Crippen LogP contribution in [0, 0.1) is 0 Å². The number of hydrogen-bond donors (Lipinski definition) is 3. The van der Waals surface area contributed by atoms with Crippen molar-refractivity contribution in [1.29, 1.82) is 0 Å². The van der Waals surface area contributed by atoms with Crippen molar-refractivity contribution in [2.75, 3.05) is 0 Å². The zero-order valence-electron chi connectivity index (χ0n) is 17.5. The minimum absolute atomic E-state index is 0. The van der Waals surface area contributed by atoms with E-state index in [0.717, 1.165) is 6.07 Å². The summed E-state index contributed by atoms with van der Waals surface area (Å²) in [6, 6.07) is 15.9. The summed E-state index contributed by atoms with van der Waals surface area (Å²) in [4.78, 5) is -0.653.